The molecule has 4 heterocycles. The first-order chi connectivity index (χ1) is 25.4. The molecule has 0 aliphatic carbocycles. The van der Waals surface area contributed by atoms with Crippen molar-refractivity contribution in [3.63, 3.8) is 0 Å². The van der Waals surface area contributed by atoms with Gasteiger partial charge in [-0.15, -0.1) is 11.3 Å². The van der Waals surface area contributed by atoms with Crippen molar-refractivity contribution in [1.82, 2.24) is 9.55 Å². The molecule has 10 rings (SSSR count). The maximum Gasteiger partial charge on any atom is 0.137 e. The number of anilines is 4. The Morgan fingerprint density at radius 2 is 1.27 bits per heavy atom. The number of para-hydroxylation sites is 2. The normalized spacial score (nSPS) is 13.1. The van der Waals surface area contributed by atoms with E-state index in [2.05, 4.69) is 175 Å². The number of hydrogen-bond acceptors (Lipinski definition) is 5. The first-order valence-corrected chi connectivity index (χ1v) is 18.5. The lowest BCUT2D eigenvalue weighted by Gasteiger charge is -2.22. The highest BCUT2D eigenvalue weighted by Crippen LogP contribution is 2.49. The molecule has 0 radical (unpaired) electrons. The lowest BCUT2D eigenvalue weighted by Crippen LogP contribution is -2.23. The van der Waals surface area contributed by atoms with Crippen molar-refractivity contribution < 1.29 is 4.74 Å². The van der Waals surface area contributed by atoms with Gasteiger partial charge in [0.25, 0.3) is 0 Å². The van der Waals surface area contributed by atoms with Crippen LogP contribution in [-0.2, 0) is 5.41 Å². The zero-order valence-electron chi connectivity index (χ0n) is 29.2. The molecule has 0 amide bonds. The molecule has 6 heteroatoms. The van der Waals surface area contributed by atoms with Gasteiger partial charge in [-0.1, -0.05) is 81.4 Å². The Labute approximate surface area is 306 Å². The molecule has 1 aliphatic heterocycles. The second-order valence-electron chi connectivity index (χ2n) is 14.6. The van der Waals surface area contributed by atoms with Crippen molar-refractivity contribution in [2.24, 2.45) is 0 Å². The number of hydrogen-bond donors (Lipinski definition) is 0. The molecule has 3 aromatic heterocycles. The van der Waals surface area contributed by atoms with Gasteiger partial charge in [0.1, 0.15) is 24.0 Å². The van der Waals surface area contributed by atoms with Gasteiger partial charge in [-0.3, -0.25) is 4.57 Å². The largest absolute Gasteiger partial charge is 0.457 e. The predicted molar refractivity (Wildman–Crippen MR) is 219 cm³/mol. The lowest BCUT2D eigenvalue weighted by molar-refractivity contribution is 0.483. The first kappa shape index (κ1) is 30.7. The molecule has 252 valence electrons. The van der Waals surface area contributed by atoms with E-state index in [0.29, 0.717) is 6.67 Å². The van der Waals surface area contributed by atoms with E-state index in [1.54, 1.807) is 0 Å². The zero-order chi connectivity index (χ0) is 35.0. The van der Waals surface area contributed by atoms with E-state index in [0.717, 1.165) is 34.0 Å². The van der Waals surface area contributed by atoms with Gasteiger partial charge >= 0.3 is 0 Å². The molecule has 0 fully saturated rings. The fourth-order valence-electron chi connectivity index (χ4n) is 7.64. The average molecular weight is 693 g/mol. The summed E-state index contributed by atoms with van der Waals surface area (Å²) in [5.74, 6) is 2.47. The molecular formula is C46H36N4OS. The summed E-state index contributed by atoms with van der Waals surface area (Å²) in [6.45, 7) is 7.42. The molecule has 52 heavy (non-hydrogen) atoms. The van der Waals surface area contributed by atoms with Gasteiger partial charge in [-0.25, -0.2) is 4.98 Å². The molecule has 0 N–H and O–H groups in total. The minimum atomic E-state index is 0.00716. The number of nitrogens with zero attached hydrogens (tertiary/aromatic N) is 4. The molecule has 0 unspecified atom stereocenters. The van der Waals surface area contributed by atoms with E-state index in [9.17, 15) is 0 Å². The fraction of sp³-hybridized carbons (Fsp3) is 0.109. The Balaban J connectivity index is 1.05. The van der Waals surface area contributed by atoms with E-state index in [4.69, 9.17) is 9.72 Å². The maximum absolute atomic E-state index is 6.69. The molecule has 9 aromatic rings. The predicted octanol–water partition coefficient (Wildman–Crippen LogP) is 12.9. The molecule has 0 saturated heterocycles. The molecule has 0 saturated carbocycles. The van der Waals surface area contributed by atoms with Crippen molar-refractivity contribution in [2.75, 3.05) is 16.5 Å². The highest BCUT2D eigenvalue weighted by atomic mass is 32.1. The van der Waals surface area contributed by atoms with E-state index in [-0.39, 0.29) is 5.41 Å². The van der Waals surface area contributed by atoms with Crippen molar-refractivity contribution in [3.8, 4) is 17.3 Å². The van der Waals surface area contributed by atoms with Gasteiger partial charge in [0, 0.05) is 60.6 Å². The number of aromatic nitrogens is 2. The highest BCUT2D eigenvalue weighted by Gasteiger charge is 2.30. The van der Waals surface area contributed by atoms with Crippen molar-refractivity contribution in [3.05, 3.63) is 157 Å². The minimum Gasteiger partial charge on any atom is -0.457 e. The fourth-order valence-corrected chi connectivity index (χ4v) is 8.76. The number of fused-ring (bicyclic) bond motifs is 7. The summed E-state index contributed by atoms with van der Waals surface area (Å²) in [6, 6.07) is 51.8. The van der Waals surface area contributed by atoms with Crippen LogP contribution in [0.15, 0.2) is 152 Å². The lowest BCUT2D eigenvalue weighted by atomic mass is 9.88. The summed E-state index contributed by atoms with van der Waals surface area (Å²) in [5.41, 5.74) is 8.08. The summed E-state index contributed by atoms with van der Waals surface area (Å²) >= 11 is 1.86. The van der Waals surface area contributed by atoms with Gasteiger partial charge < -0.3 is 14.5 Å². The van der Waals surface area contributed by atoms with E-state index >= 15 is 0 Å². The van der Waals surface area contributed by atoms with Crippen LogP contribution in [0.4, 0.5) is 22.7 Å². The molecule has 0 spiro atoms. The smallest absolute Gasteiger partial charge is 0.137 e. The second kappa shape index (κ2) is 11.7. The summed E-state index contributed by atoms with van der Waals surface area (Å²) < 4.78 is 11.6. The van der Waals surface area contributed by atoms with Crippen LogP contribution in [0.3, 0.4) is 0 Å². The third-order valence-corrected chi connectivity index (χ3v) is 11.4. The first-order valence-electron chi connectivity index (χ1n) is 17.7. The van der Waals surface area contributed by atoms with Crippen molar-refractivity contribution in [1.29, 1.82) is 0 Å². The Hall–Kier alpha value is -6.11. The minimum absolute atomic E-state index is 0.00716. The molecular weight excluding hydrogens is 657 g/mol. The van der Waals surface area contributed by atoms with Gasteiger partial charge in [-0.2, -0.15) is 0 Å². The Bertz CT molecular complexity index is 2810. The summed E-state index contributed by atoms with van der Waals surface area (Å²) in [5, 5.41) is 4.95. The summed E-state index contributed by atoms with van der Waals surface area (Å²) in [6.07, 6.45) is 1.92. The maximum atomic E-state index is 6.69. The molecule has 1 aliphatic rings. The van der Waals surface area contributed by atoms with Crippen molar-refractivity contribution in [2.45, 2.75) is 26.2 Å². The van der Waals surface area contributed by atoms with Crippen LogP contribution in [0.1, 0.15) is 26.3 Å². The monoisotopic (exact) mass is 692 g/mol. The van der Waals surface area contributed by atoms with Gasteiger partial charge in [0.15, 0.2) is 0 Å². The van der Waals surface area contributed by atoms with Crippen LogP contribution in [0.5, 0.6) is 11.5 Å². The van der Waals surface area contributed by atoms with Crippen molar-refractivity contribution >= 4 is 76.1 Å². The Morgan fingerprint density at radius 3 is 2.13 bits per heavy atom. The summed E-state index contributed by atoms with van der Waals surface area (Å²) in [7, 11) is 0. The number of thiophene rings is 1. The highest BCUT2D eigenvalue weighted by molar-refractivity contribution is 7.25. The van der Waals surface area contributed by atoms with Crippen LogP contribution >= 0.6 is 11.3 Å². The number of ether oxygens (including phenoxy) is 1. The van der Waals surface area contributed by atoms with Gasteiger partial charge in [-0.05, 0) is 83.8 Å². The SMILES string of the molecule is CC(C)(C)c1ccnc(-n2c3ccccc3c3ccc(Oc4cccc(N5CN(c6ccccc6)c6cc7sc8ccccc8c7cc65)c4)cc32)c1. The van der Waals surface area contributed by atoms with Crippen LogP contribution in [0.25, 0.3) is 47.8 Å². The standard InChI is InChI=1S/C46H36N4OS/c1-46(2,3)30-22-23-47-45(24-30)50-39-18-9-7-16-35(39)36-21-20-34(26-40(36)50)51-33-15-11-14-32(25-33)49-29-48(31-12-5-4-6-13-31)42-28-44-38(27-41(42)49)37-17-8-10-19-43(37)52-44/h4-28H,29H2,1-3H3. The average Bonchev–Trinajstić information content (AvgIpc) is 3.83. The second-order valence-corrected chi connectivity index (χ2v) is 15.6. The van der Waals surface area contributed by atoms with Crippen LogP contribution in [0, 0.1) is 0 Å². The van der Waals surface area contributed by atoms with E-state index in [1.807, 2.05) is 23.6 Å². The number of rotatable bonds is 5. The molecule has 0 atom stereocenters. The topological polar surface area (TPSA) is 33.5 Å². The number of pyridine rings is 1. The van der Waals surface area contributed by atoms with Gasteiger partial charge in [0.05, 0.1) is 22.4 Å². The zero-order valence-corrected chi connectivity index (χ0v) is 30.1. The van der Waals surface area contributed by atoms with Crippen LogP contribution < -0.4 is 14.5 Å². The summed E-state index contributed by atoms with van der Waals surface area (Å²) in [4.78, 5) is 9.66. The Morgan fingerprint density at radius 1 is 0.558 bits per heavy atom. The number of benzene rings is 6. The molecule has 5 nitrogen and oxygen atoms in total. The molecule has 0 bridgehead atoms. The van der Waals surface area contributed by atoms with E-state index < -0.39 is 0 Å². The van der Waals surface area contributed by atoms with Gasteiger partial charge in [0.2, 0.25) is 0 Å². The quantitative estimate of drug-likeness (QED) is 0.180. The third-order valence-electron chi connectivity index (χ3n) is 10.3. The Kier molecular flexibility index (Phi) is 6.92. The van der Waals surface area contributed by atoms with Crippen LogP contribution in [-0.4, -0.2) is 16.2 Å². The van der Waals surface area contributed by atoms with Crippen LogP contribution in [0.2, 0.25) is 0 Å². The third kappa shape index (κ3) is 5.01. The van der Waals surface area contributed by atoms with E-state index in [1.165, 1.54) is 53.6 Å². The molecule has 6 aromatic carbocycles.